The molecule has 1 aromatic carbocycles. The van der Waals surface area contributed by atoms with Crippen molar-refractivity contribution in [3.05, 3.63) is 28.8 Å². The number of aliphatic imine (C=N–C) groups is 1. The second-order valence-electron chi connectivity index (χ2n) is 5.42. The Bertz CT molecular complexity index is 545. The minimum Gasteiger partial charge on any atom is -0.490 e. The van der Waals surface area contributed by atoms with Gasteiger partial charge in [0.25, 0.3) is 0 Å². The Kier molecular flexibility index (Phi) is 4.38. The van der Waals surface area contributed by atoms with Crippen molar-refractivity contribution in [2.24, 2.45) is 16.6 Å². The van der Waals surface area contributed by atoms with Gasteiger partial charge < -0.3 is 20.6 Å². The quantitative estimate of drug-likeness (QED) is 0.546. The lowest BCUT2D eigenvalue weighted by atomic mass is 9.86. The molecule has 6 nitrogen and oxygen atoms in total. The number of rotatable bonds is 5. The highest BCUT2D eigenvalue weighted by Gasteiger charge is 2.22. The first-order chi connectivity index (χ1) is 10.3. The summed E-state index contributed by atoms with van der Waals surface area (Å²) in [7, 11) is 0. The third-order valence-corrected chi connectivity index (χ3v) is 3.99. The topological polar surface area (TPSA) is 94.9 Å². The molecule has 2 aliphatic rings. The number of nitrogens with two attached hydrogens (primary N) is 2. The lowest BCUT2D eigenvalue weighted by Crippen LogP contribution is -2.23. The number of fused-ring (bicyclic) bond motifs is 1. The van der Waals surface area contributed by atoms with Crippen LogP contribution in [0.1, 0.15) is 35.6 Å². The van der Waals surface area contributed by atoms with Gasteiger partial charge in [-0.2, -0.15) is 0 Å². The number of nitrogens with one attached hydrogen (secondary N) is 1. The molecule has 0 aromatic heterocycles. The van der Waals surface area contributed by atoms with Crippen molar-refractivity contribution >= 4 is 5.84 Å². The van der Waals surface area contributed by atoms with Gasteiger partial charge in [0.1, 0.15) is 24.8 Å². The third kappa shape index (κ3) is 3.02. The summed E-state index contributed by atoms with van der Waals surface area (Å²) in [5.74, 6) is 6.76. The Hall–Kier alpha value is -1.63. The zero-order chi connectivity index (χ0) is 14.7. The van der Waals surface area contributed by atoms with Crippen LogP contribution in [0.15, 0.2) is 17.1 Å². The molecule has 6 heteroatoms. The normalized spacial score (nSPS) is 20.7. The fourth-order valence-electron chi connectivity index (χ4n) is 2.95. The van der Waals surface area contributed by atoms with E-state index in [9.17, 15) is 0 Å². The van der Waals surface area contributed by atoms with Gasteiger partial charge in [0.05, 0.1) is 12.1 Å². The maximum Gasteiger partial charge on any atom is 0.132 e. The molecule has 1 atom stereocenters. The summed E-state index contributed by atoms with van der Waals surface area (Å²) in [6.45, 7) is 2.43. The molecule has 1 heterocycles. The first kappa shape index (κ1) is 14.3. The Balaban J connectivity index is 1.95. The van der Waals surface area contributed by atoms with Gasteiger partial charge in [-0.15, -0.1) is 0 Å². The van der Waals surface area contributed by atoms with E-state index in [4.69, 9.17) is 16.4 Å². The number of amidine groups is 1. The molecule has 5 N–H and O–H groups in total. The highest BCUT2D eigenvalue weighted by molar-refractivity contribution is 6.02. The fraction of sp³-hybridized carbons (Fsp3) is 0.533. The van der Waals surface area contributed by atoms with Crippen LogP contribution in [-0.4, -0.2) is 32.1 Å². The van der Waals surface area contributed by atoms with Crippen molar-refractivity contribution < 1.29 is 9.57 Å². The summed E-state index contributed by atoms with van der Waals surface area (Å²) in [6.07, 6.45) is 3.22. The predicted octanol–water partition coefficient (Wildman–Crippen LogP) is 0.642. The first-order valence-electron chi connectivity index (χ1n) is 7.45. The standard InChI is InChI=1S/C15H22N4O2/c16-13-3-1-2-10-8-12(15-18-4-5-19-15)14(9-11(10)13)20-6-7-21-17/h8-9,13H,1-7,16-17H2,(H,18,19). The van der Waals surface area contributed by atoms with Crippen LogP contribution in [0.5, 0.6) is 5.75 Å². The van der Waals surface area contributed by atoms with E-state index < -0.39 is 0 Å². The van der Waals surface area contributed by atoms with E-state index in [1.165, 1.54) is 11.1 Å². The molecule has 21 heavy (non-hydrogen) atoms. The van der Waals surface area contributed by atoms with Gasteiger partial charge in [-0.05, 0) is 42.5 Å². The Morgan fingerprint density at radius 1 is 1.33 bits per heavy atom. The molecule has 0 amide bonds. The van der Waals surface area contributed by atoms with Crippen LogP contribution in [0.25, 0.3) is 0 Å². The monoisotopic (exact) mass is 290 g/mol. The molecule has 1 unspecified atom stereocenters. The van der Waals surface area contributed by atoms with E-state index in [-0.39, 0.29) is 6.04 Å². The number of hydrogen-bond donors (Lipinski definition) is 3. The lowest BCUT2D eigenvalue weighted by molar-refractivity contribution is 0.102. The molecule has 0 radical (unpaired) electrons. The fourth-order valence-corrected chi connectivity index (χ4v) is 2.95. The third-order valence-electron chi connectivity index (χ3n) is 3.99. The summed E-state index contributed by atoms with van der Waals surface area (Å²) >= 11 is 0. The van der Waals surface area contributed by atoms with Gasteiger partial charge >= 0.3 is 0 Å². The molecule has 0 fully saturated rings. The highest BCUT2D eigenvalue weighted by Crippen LogP contribution is 2.34. The van der Waals surface area contributed by atoms with Crippen molar-refractivity contribution in [3.8, 4) is 5.75 Å². The van der Waals surface area contributed by atoms with Crippen LogP contribution in [0.3, 0.4) is 0 Å². The van der Waals surface area contributed by atoms with E-state index in [0.29, 0.717) is 13.2 Å². The molecule has 1 aliphatic carbocycles. The van der Waals surface area contributed by atoms with Crippen LogP contribution in [-0.2, 0) is 11.3 Å². The summed E-state index contributed by atoms with van der Waals surface area (Å²) < 4.78 is 5.82. The molecule has 0 saturated carbocycles. The smallest absolute Gasteiger partial charge is 0.132 e. The van der Waals surface area contributed by atoms with E-state index in [1.807, 2.05) is 0 Å². The molecule has 0 spiro atoms. The van der Waals surface area contributed by atoms with Gasteiger partial charge in [0.15, 0.2) is 0 Å². The Labute approximate surface area is 124 Å². The molecule has 0 bridgehead atoms. The SMILES string of the molecule is NOCCOc1cc2c(cc1C1=NCCN1)CCCC2N. The highest BCUT2D eigenvalue weighted by atomic mass is 16.6. The Morgan fingerprint density at radius 3 is 3.00 bits per heavy atom. The summed E-state index contributed by atoms with van der Waals surface area (Å²) in [5.41, 5.74) is 9.73. The predicted molar refractivity (Wildman–Crippen MR) is 81.3 cm³/mol. The van der Waals surface area contributed by atoms with Gasteiger partial charge in [0.2, 0.25) is 0 Å². The zero-order valence-corrected chi connectivity index (χ0v) is 12.1. The number of hydrogen-bond acceptors (Lipinski definition) is 6. The van der Waals surface area contributed by atoms with Crippen molar-refractivity contribution in [3.63, 3.8) is 0 Å². The number of aryl methyl sites for hydroxylation is 1. The van der Waals surface area contributed by atoms with E-state index in [1.54, 1.807) is 0 Å². The molecule has 0 saturated heterocycles. The average molecular weight is 290 g/mol. The van der Waals surface area contributed by atoms with Crippen molar-refractivity contribution in [1.29, 1.82) is 0 Å². The molecule has 1 aromatic rings. The number of benzene rings is 1. The minimum absolute atomic E-state index is 0.0920. The molecule has 3 rings (SSSR count). The Morgan fingerprint density at radius 2 is 2.24 bits per heavy atom. The maximum atomic E-state index is 6.23. The van der Waals surface area contributed by atoms with E-state index in [2.05, 4.69) is 27.3 Å². The maximum absolute atomic E-state index is 6.23. The van der Waals surface area contributed by atoms with Gasteiger partial charge in [-0.3, -0.25) is 4.99 Å². The molecule has 1 aliphatic heterocycles. The van der Waals surface area contributed by atoms with Crippen LogP contribution in [0, 0.1) is 0 Å². The summed E-state index contributed by atoms with van der Waals surface area (Å²) in [5, 5.41) is 3.30. The summed E-state index contributed by atoms with van der Waals surface area (Å²) in [6, 6.07) is 4.33. The number of nitrogens with zero attached hydrogens (tertiary/aromatic N) is 1. The average Bonchev–Trinajstić information content (AvgIpc) is 3.02. The lowest BCUT2D eigenvalue weighted by Gasteiger charge is -2.24. The van der Waals surface area contributed by atoms with Crippen LogP contribution < -0.4 is 21.7 Å². The first-order valence-corrected chi connectivity index (χ1v) is 7.45. The second-order valence-corrected chi connectivity index (χ2v) is 5.42. The van der Waals surface area contributed by atoms with Crippen molar-refractivity contribution in [1.82, 2.24) is 5.32 Å². The van der Waals surface area contributed by atoms with Crippen LogP contribution in [0.2, 0.25) is 0 Å². The largest absolute Gasteiger partial charge is 0.490 e. The van der Waals surface area contributed by atoms with E-state index in [0.717, 1.165) is 49.5 Å². The van der Waals surface area contributed by atoms with Gasteiger partial charge in [-0.25, -0.2) is 5.90 Å². The summed E-state index contributed by atoms with van der Waals surface area (Å²) in [4.78, 5) is 9.07. The van der Waals surface area contributed by atoms with Crippen molar-refractivity contribution in [2.75, 3.05) is 26.3 Å². The molecular weight excluding hydrogens is 268 g/mol. The van der Waals surface area contributed by atoms with E-state index >= 15 is 0 Å². The zero-order valence-electron chi connectivity index (χ0n) is 12.1. The molecule has 114 valence electrons. The van der Waals surface area contributed by atoms with Gasteiger partial charge in [-0.1, -0.05) is 0 Å². The van der Waals surface area contributed by atoms with Gasteiger partial charge in [0, 0.05) is 12.6 Å². The molecular formula is C15H22N4O2. The number of ether oxygens (including phenoxy) is 1. The van der Waals surface area contributed by atoms with Crippen LogP contribution >= 0.6 is 0 Å². The van der Waals surface area contributed by atoms with Crippen molar-refractivity contribution in [2.45, 2.75) is 25.3 Å². The second kappa shape index (κ2) is 6.43. The van der Waals surface area contributed by atoms with Crippen LogP contribution in [0.4, 0.5) is 0 Å². The minimum atomic E-state index is 0.0920.